The average Bonchev–Trinajstić information content (AvgIpc) is 2.45. The van der Waals surface area contributed by atoms with Gasteiger partial charge in [-0.2, -0.15) is 0 Å². The number of ether oxygens (including phenoxy) is 2. The van der Waals surface area contributed by atoms with Gasteiger partial charge in [0.1, 0.15) is 5.75 Å². The maximum atomic E-state index is 12.0. The molecular formula is C16H23NO4S. The minimum atomic E-state index is -0.342. The minimum Gasteiger partial charge on any atom is -0.495 e. The van der Waals surface area contributed by atoms with Crippen LogP contribution < -0.4 is 10.1 Å². The Kier molecular flexibility index (Phi) is 6.74. The van der Waals surface area contributed by atoms with Gasteiger partial charge in [0.25, 0.3) is 0 Å². The third kappa shape index (κ3) is 5.60. The molecule has 1 rings (SSSR count). The molecule has 122 valence electrons. The molecule has 1 aromatic carbocycles. The lowest BCUT2D eigenvalue weighted by molar-refractivity contribution is -0.137. The van der Waals surface area contributed by atoms with E-state index >= 15 is 0 Å². The number of carbonyl (C=O) groups is 2. The maximum absolute atomic E-state index is 12.0. The molecule has 0 spiro atoms. The van der Waals surface area contributed by atoms with Gasteiger partial charge in [0.05, 0.1) is 31.4 Å². The highest BCUT2D eigenvalue weighted by molar-refractivity contribution is 8.00. The highest BCUT2D eigenvalue weighted by Crippen LogP contribution is 2.31. The summed E-state index contributed by atoms with van der Waals surface area (Å²) in [6.07, 6.45) is 0. The molecule has 0 aliphatic rings. The van der Waals surface area contributed by atoms with Crippen LogP contribution in [0.15, 0.2) is 18.2 Å². The molecule has 0 atom stereocenters. The zero-order chi connectivity index (χ0) is 16.8. The smallest absolute Gasteiger partial charge is 0.315 e. The Labute approximate surface area is 135 Å². The molecule has 0 fully saturated rings. The van der Waals surface area contributed by atoms with Gasteiger partial charge in [0, 0.05) is 0 Å². The van der Waals surface area contributed by atoms with E-state index in [0.29, 0.717) is 11.4 Å². The number of amides is 1. The molecule has 0 radical (unpaired) electrons. The van der Waals surface area contributed by atoms with Crippen molar-refractivity contribution in [2.75, 3.05) is 31.0 Å². The van der Waals surface area contributed by atoms with Crippen molar-refractivity contribution in [3.8, 4) is 5.75 Å². The summed E-state index contributed by atoms with van der Waals surface area (Å²) < 4.78 is 9.81. The fraction of sp³-hybridized carbons (Fsp3) is 0.500. The molecule has 0 aliphatic heterocycles. The van der Waals surface area contributed by atoms with E-state index in [9.17, 15) is 9.59 Å². The van der Waals surface area contributed by atoms with Gasteiger partial charge in [-0.05, 0) is 23.1 Å². The van der Waals surface area contributed by atoms with E-state index in [1.165, 1.54) is 18.9 Å². The van der Waals surface area contributed by atoms with Crippen molar-refractivity contribution < 1.29 is 19.1 Å². The monoisotopic (exact) mass is 325 g/mol. The first-order valence-corrected chi connectivity index (χ1v) is 8.06. The highest BCUT2D eigenvalue weighted by Gasteiger charge is 2.17. The van der Waals surface area contributed by atoms with Gasteiger partial charge in [-0.25, -0.2) is 0 Å². The number of hydrogen-bond acceptors (Lipinski definition) is 5. The van der Waals surface area contributed by atoms with Gasteiger partial charge in [-0.15, -0.1) is 11.8 Å². The lowest BCUT2D eigenvalue weighted by atomic mass is 9.87. The number of esters is 1. The van der Waals surface area contributed by atoms with Crippen LogP contribution in [0, 0.1) is 0 Å². The predicted molar refractivity (Wildman–Crippen MR) is 89.7 cm³/mol. The van der Waals surface area contributed by atoms with E-state index in [0.717, 1.165) is 5.56 Å². The van der Waals surface area contributed by atoms with Crippen LogP contribution >= 0.6 is 11.8 Å². The Balaban J connectivity index is 2.74. The lowest BCUT2D eigenvalue weighted by Crippen LogP contribution is -2.18. The standard InChI is InChI=1S/C16H23NO4S/c1-16(2,3)11-6-7-13(20-4)12(8-11)17-14(18)9-22-10-15(19)21-5/h6-8H,9-10H2,1-5H3,(H,17,18). The van der Waals surface area contributed by atoms with E-state index in [2.05, 4.69) is 30.8 Å². The molecule has 0 aromatic heterocycles. The molecule has 22 heavy (non-hydrogen) atoms. The molecule has 0 unspecified atom stereocenters. The number of hydrogen-bond donors (Lipinski definition) is 1. The molecular weight excluding hydrogens is 302 g/mol. The van der Waals surface area contributed by atoms with Crippen molar-refractivity contribution in [3.05, 3.63) is 23.8 Å². The Hall–Kier alpha value is -1.69. The first-order valence-electron chi connectivity index (χ1n) is 6.91. The van der Waals surface area contributed by atoms with Crippen LogP contribution in [0.2, 0.25) is 0 Å². The van der Waals surface area contributed by atoms with Gasteiger partial charge < -0.3 is 14.8 Å². The Morgan fingerprint density at radius 1 is 1.18 bits per heavy atom. The summed E-state index contributed by atoms with van der Waals surface area (Å²) in [5.41, 5.74) is 1.72. The molecule has 0 heterocycles. The second-order valence-electron chi connectivity index (χ2n) is 5.78. The van der Waals surface area contributed by atoms with Crippen LogP contribution in [-0.2, 0) is 19.7 Å². The molecule has 5 nitrogen and oxygen atoms in total. The van der Waals surface area contributed by atoms with E-state index in [-0.39, 0.29) is 28.8 Å². The van der Waals surface area contributed by atoms with Crippen LogP contribution in [0.3, 0.4) is 0 Å². The Morgan fingerprint density at radius 2 is 1.86 bits per heavy atom. The Morgan fingerprint density at radius 3 is 2.41 bits per heavy atom. The van der Waals surface area contributed by atoms with Gasteiger partial charge in [-0.3, -0.25) is 9.59 Å². The summed E-state index contributed by atoms with van der Waals surface area (Å²) in [5.74, 6) is 0.420. The average molecular weight is 325 g/mol. The van der Waals surface area contributed by atoms with Crippen LogP contribution in [0.4, 0.5) is 5.69 Å². The second-order valence-corrected chi connectivity index (χ2v) is 6.77. The van der Waals surface area contributed by atoms with E-state index in [1.54, 1.807) is 7.11 Å². The molecule has 0 aliphatic carbocycles. The number of carbonyl (C=O) groups excluding carboxylic acids is 2. The van der Waals surface area contributed by atoms with E-state index < -0.39 is 0 Å². The summed E-state index contributed by atoms with van der Waals surface area (Å²) >= 11 is 1.21. The third-order valence-corrected chi connectivity index (χ3v) is 3.93. The van der Waals surface area contributed by atoms with Crippen LogP contribution in [-0.4, -0.2) is 37.6 Å². The summed E-state index contributed by atoms with van der Waals surface area (Å²) in [6, 6.07) is 5.75. The van der Waals surface area contributed by atoms with Crippen molar-refractivity contribution in [2.45, 2.75) is 26.2 Å². The number of rotatable bonds is 6. The summed E-state index contributed by atoms with van der Waals surface area (Å²) in [4.78, 5) is 23.0. The minimum absolute atomic E-state index is 0.0224. The lowest BCUT2D eigenvalue weighted by Gasteiger charge is -2.21. The fourth-order valence-electron chi connectivity index (χ4n) is 1.74. The number of anilines is 1. The van der Waals surface area contributed by atoms with Crippen LogP contribution in [0.5, 0.6) is 5.75 Å². The molecule has 6 heteroatoms. The fourth-order valence-corrected chi connectivity index (χ4v) is 2.39. The molecule has 1 N–H and O–H groups in total. The largest absolute Gasteiger partial charge is 0.495 e. The van der Waals surface area contributed by atoms with Crippen LogP contribution in [0.25, 0.3) is 0 Å². The number of nitrogens with one attached hydrogen (secondary N) is 1. The normalized spacial score (nSPS) is 11.0. The quantitative estimate of drug-likeness (QED) is 0.815. The number of methoxy groups -OCH3 is 2. The van der Waals surface area contributed by atoms with E-state index in [1.807, 2.05) is 18.2 Å². The zero-order valence-corrected chi connectivity index (χ0v) is 14.5. The van der Waals surface area contributed by atoms with Crippen molar-refractivity contribution >= 4 is 29.3 Å². The number of benzene rings is 1. The first kappa shape index (κ1) is 18.4. The number of thioether (sulfide) groups is 1. The molecule has 0 saturated carbocycles. The Bertz CT molecular complexity index is 537. The zero-order valence-electron chi connectivity index (χ0n) is 13.7. The molecule has 0 bridgehead atoms. The molecule has 1 aromatic rings. The summed E-state index contributed by atoms with van der Waals surface area (Å²) in [7, 11) is 2.89. The molecule has 1 amide bonds. The van der Waals surface area contributed by atoms with Gasteiger partial charge in [-0.1, -0.05) is 26.8 Å². The maximum Gasteiger partial charge on any atom is 0.315 e. The van der Waals surface area contributed by atoms with Crippen molar-refractivity contribution in [2.24, 2.45) is 0 Å². The van der Waals surface area contributed by atoms with Gasteiger partial charge in [0.15, 0.2) is 0 Å². The van der Waals surface area contributed by atoms with Crippen LogP contribution in [0.1, 0.15) is 26.3 Å². The second kappa shape index (κ2) is 8.08. The van der Waals surface area contributed by atoms with E-state index in [4.69, 9.17) is 4.74 Å². The van der Waals surface area contributed by atoms with Gasteiger partial charge >= 0.3 is 5.97 Å². The predicted octanol–water partition coefficient (Wildman–Crippen LogP) is 2.84. The SMILES string of the molecule is COC(=O)CSCC(=O)Nc1cc(C(C)(C)C)ccc1OC. The van der Waals surface area contributed by atoms with Gasteiger partial charge in [0.2, 0.25) is 5.91 Å². The third-order valence-electron chi connectivity index (χ3n) is 3.02. The topological polar surface area (TPSA) is 64.6 Å². The highest BCUT2D eigenvalue weighted by atomic mass is 32.2. The van der Waals surface area contributed by atoms with Crippen molar-refractivity contribution in [1.29, 1.82) is 0 Å². The first-order chi connectivity index (χ1) is 10.3. The summed E-state index contributed by atoms with van der Waals surface area (Å²) in [6.45, 7) is 6.31. The van der Waals surface area contributed by atoms with Crippen molar-refractivity contribution in [3.63, 3.8) is 0 Å². The van der Waals surface area contributed by atoms with Crippen molar-refractivity contribution in [1.82, 2.24) is 0 Å². The molecule has 0 saturated heterocycles. The summed E-state index contributed by atoms with van der Waals surface area (Å²) in [5, 5.41) is 2.83.